The molecule has 0 aromatic heterocycles. The summed E-state index contributed by atoms with van der Waals surface area (Å²) in [4.78, 5) is 0.530. The van der Waals surface area contributed by atoms with E-state index in [9.17, 15) is 30.6 Å². The van der Waals surface area contributed by atoms with Gasteiger partial charge >= 0.3 is 12.4 Å². The fourth-order valence-electron chi connectivity index (χ4n) is 4.50. The Morgan fingerprint density at radius 3 is 1.59 bits per heavy atom. The summed E-state index contributed by atoms with van der Waals surface area (Å²) in [6, 6.07) is 28.8. The lowest BCUT2D eigenvalue weighted by Crippen LogP contribution is -2.22. The third-order valence-corrected chi connectivity index (χ3v) is 10.6. The minimum absolute atomic E-state index is 0.417. The van der Waals surface area contributed by atoms with Gasteiger partial charge < -0.3 is 0 Å². The summed E-state index contributed by atoms with van der Waals surface area (Å²) >= 11 is 0. The van der Waals surface area contributed by atoms with E-state index >= 15 is 0 Å². The summed E-state index contributed by atoms with van der Waals surface area (Å²) in [6.45, 7) is 0. The van der Waals surface area contributed by atoms with Crippen molar-refractivity contribution in [2.75, 3.05) is 6.26 Å². The molecule has 0 aliphatic rings. The maximum absolute atomic E-state index is 13.7. The lowest BCUT2D eigenvalue weighted by atomic mass is 10.1. The molecule has 5 aromatic rings. The highest BCUT2D eigenvalue weighted by molar-refractivity contribution is 7.93. The molecular formula is C31H22F6NOPS. The van der Waals surface area contributed by atoms with E-state index in [1.807, 2.05) is 12.1 Å². The van der Waals surface area contributed by atoms with E-state index in [0.29, 0.717) is 31.9 Å². The number of alkyl halides is 6. The predicted octanol–water partition coefficient (Wildman–Crippen LogP) is 8.42. The number of halogens is 6. The van der Waals surface area contributed by atoms with E-state index in [1.54, 1.807) is 54.6 Å². The fraction of sp³-hybridized carbons (Fsp3) is 0.0968. The number of nitrogens with zero attached hydrogens (tertiary/aromatic N) is 1. The van der Waals surface area contributed by atoms with Crippen molar-refractivity contribution in [2.24, 2.45) is 4.36 Å². The summed E-state index contributed by atoms with van der Waals surface area (Å²) < 4.78 is 98.4. The molecule has 5 rings (SSSR count). The largest absolute Gasteiger partial charge is 0.416 e. The van der Waals surface area contributed by atoms with Crippen LogP contribution in [0.5, 0.6) is 0 Å². The molecule has 0 saturated heterocycles. The van der Waals surface area contributed by atoms with Crippen LogP contribution in [0.15, 0.2) is 125 Å². The molecule has 0 bridgehead atoms. The average Bonchev–Trinajstić information content (AvgIpc) is 2.93. The first kappa shape index (κ1) is 28.8. The van der Waals surface area contributed by atoms with Crippen molar-refractivity contribution in [3.63, 3.8) is 0 Å². The maximum Gasteiger partial charge on any atom is 0.416 e. The van der Waals surface area contributed by atoms with Gasteiger partial charge in [-0.2, -0.15) is 30.7 Å². The molecule has 0 radical (unpaired) electrons. The lowest BCUT2D eigenvalue weighted by molar-refractivity contribution is -0.138. The molecule has 41 heavy (non-hydrogen) atoms. The Balaban J connectivity index is 1.76. The fourth-order valence-corrected chi connectivity index (χ4v) is 8.25. The van der Waals surface area contributed by atoms with Crippen molar-refractivity contribution < 1.29 is 30.6 Å². The number of fused-ring (bicyclic) bond motifs is 1. The average molecular weight is 602 g/mol. The molecule has 5 aromatic carbocycles. The number of hydrogen-bond acceptors (Lipinski definition) is 2. The molecule has 0 heterocycles. The summed E-state index contributed by atoms with van der Waals surface area (Å²) in [5.41, 5.74) is -1.24. The lowest BCUT2D eigenvalue weighted by Gasteiger charge is -2.23. The minimum Gasteiger partial charge on any atom is -0.245 e. The van der Waals surface area contributed by atoms with Crippen LogP contribution in [0.4, 0.5) is 32.0 Å². The van der Waals surface area contributed by atoms with Gasteiger partial charge in [-0.3, -0.25) is 0 Å². The van der Waals surface area contributed by atoms with Gasteiger partial charge in [0.05, 0.1) is 26.5 Å². The van der Waals surface area contributed by atoms with E-state index in [4.69, 9.17) is 0 Å². The van der Waals surface area contributed by atoms with Gasteiger partial charge in [0.15, 0.2) is 0 Å². The van der Waals surface area contributed by atoms with E-state index in [2.05, 4.69) is 4.36 Å². The van der Waals surface area contributed by atoms with E-state index < -0.39 is 41.1 Å². The molecule has 10 heteroatoms. The number of benzene rings is 5. The first-order valence-corrected chi connectivity index (χ1v) is 15.5. The quantitative estimate of drug-likeness (QED) is 0.147. The molecule has 0 aliphatic carbocycles. The van der Waals surface area contributed by atoms with Crippen LogP contribution in [0.25, 0.3) is 10.8 Å². The monoisotopic (exact) mass is 601 g/mol. The van der Waals surface area contributed by atoms with Gasteiger partial charge in [0, 0.05) is 16.5 Å². The molecule has 0 fully saturated rings. The Kier molecular flexibility index (Phi) is 7.70. The van der Waals surface area contributed by atoms with E-state index in [0.717, 1.165) is 29.7 Å². The van der Waals surface area contributed by atoms with Crippen LogP contribution in [0.3, 0.4) is 0 Å². The van der Waals surface area contributed by atoms with Gasteiger partial charge in [-0.15, -0.1) is 0 Å². The van der Waals surface area contributed by atoms with Gasteiger partial charge in [0.25, 0.3) is 0 Å². The Bertz CT molecular complexity index is 1750. The van der Waals surface area contributed by atoms with Gasteiger partial charge in [0.2, 0.25) is 0 Å². The smallest absolute Gasteiger partial charge is 0.245 e. The maximum atomic E-state index is 13.7. The Morgan fingerprint density at radius 1 is 0.610 bits per heavy atom. The van der Waals surface area contributed by atoms with Crippen molar-refractivity contribution in [3.05, 3.63) is 126 Å². The highest BCUT2D eigenvalue weighted by Gasteiger charge is 2.32. The summed E-state index contributed by atoms with van der Waals surface area (Å²) in [6.07, 6.45) is -7.56. The van der Waals surface area contributed by atoms with E-state index in [-0.39, 0.29) is 0 Å². The number of hydrogen-bond donors (Lipinski definition) is 0. The SMILES string of the molecule is CS(=O)(=Nc1cccc2cccc(P(c3ccc(C(F)(F)F)cc3)c3ccc(C(F)(F)F)cc3)c12)c1ccccc1. The zero-order valence-corrected chi connectivity index (χ0v) is 23.2. The Labute approximate surface area is 234 Å². The minimum atomic E-state index is -4.54. The van der Waals surface area contributed by atoms with Crippen LogP contribution in [0, 0.1) is 0 Å². The molecule has 1 atom stereocenters. The summed E-state index contributed by atoms with van der Waals surface area (Å²) in [7, 11) is -4.53. The van der Waals surface area contributed by atoms with Gasteiger partial charge in [0.1, 0.15) is 0 Å². The zero-order valence-electron chi connectivity index (χ0n) is 21.4. The van der Waals surface area contributed by atoms with Crippen LogP contribution in [0.2, 0.25) is 0 Å². The van der Waals surface area contributed by atoms with Crippen LogP contribution in [-0.2, 0) is 22.1 Å². The van der Waals surface area contributed by atoms with Crippen molar-refractivity contribution >= 4 is 50.0 Å². The second-order valence-electron chi connectivity index (χ2n) is 9.28. The van der Waals surface area contributed by atoms with Crippen LogP contribution < -0.4 is 15.9 Å². The molecule has 2 nitrogen and oxygen atoms in total. The van der Waals surface area contributed by atoms with Crippen LogP contribution in [-0.4, -0.2) is 10.5 Å². The van der Waals surface area contributed by atoms with Crippen molar-refractivity contribution in [1.82, 2.24) is 0 Å². The Hall–Kier alpha value is -3.68. The molecule has 0 N–H and O–H groups in total. The molecular weight excluding hydrogens is 579 g/mol. The van der Waals surface area contributed by atoms with Crippen LogP contribution in [0.1, 0.15) is 11.1 Å². The number of rotatable bonds is 5. The molecule has 0 amide bonds. The van der Waals surface area contributed by atoms with E-state index in [1.165, 1.54) is 30.5 Å². The highest BCUT2D eigenvalue weighted by atomic mass is 32.2. The second-order valence-corrected chi connectivity index (χ2v) is 13.7. The normalized spacial score (nSPS) is 13.8. The Morgan fingerprint density at radius 2 is 1.10 bits per heavy atom. The second kappa shape index (κ2) is 11.0. The molecule has 0 spiro atoms. The molecule has 0 saturated carbocycles. The third kappa shape index (κ3) is 6.16. The standard InChI is InChI=1S/C31H22F6NOPS/c1-41(39,26-9-3-2-4-10-26)38-27-11-5-7-21-8-6-12-28(29(21)27)40(24-17-13-22(14-18-24)30(32,33)34)25-19-15-23(16-20-25)31(35,36)37/h2-20H,1H3. The summed E-state index contributed by atoms with van der Waals surface area (Å²) in [5.74, 6) is 0. The molecule has 210 valence electrons. The predicted molar refractivity (Wildman–Crippen MR) is 154 cm³/mol. The van der Waals surface area contributed by atoms with Crippen LogP contribution >= 0.6 is 7.92 Å². The highest BCUT2D eigenvalue weighted by Crippen LogP contribution is 2.41. The van der Waals surface area contributed by atoms with Crippen molar-refractivity contribution in [1.29, 1.82) is 0 Å². The van der Waals surface area contributed by atoms with Crippen molar-refractivity contribution in [3.8, 4) is 0 Å². The first-order chi connectivity index (χ1) is 19.3. The summed E-state index contributed by atoms with van der Waals surface area (Å²) in [5, 5.41) is 3.06. The van der Waals surface area contributed by atoms with Crippen molar-refractivity contribution in [2.45, 2.75) is 17.2 Å². The topological polar surface area (TPSA) is 29.4 Å². The molecule has 1 unspecified atom stereocenters. The van der Waals surface area contributed by atoms with Gasteiger partial charge in [-0.05, 0) is 71.7 Å². The van der Waals surface area contributed by atoms with Gasteiger partial charge in [-0.1, -0.05) is 72.8 Å². The third-order valence-electron chi connectivity index (χ3n) is 6.46. The first-order valence-electron chi connectivity index (χ1n) is 12.3. The van der Waals surface area contributed by atoms with Gasteiger partial charge in [-0.25, -0.2) is 4.21 Å². The molecule has 0 aliphatic heterocycles. The zero-order chi connectivity index (χ0) is 29.4.